The molecule has 106 valence electrons. The van der Waals surface area contributed by atoms with Gasteiger partial charge in [0.25, 0.3) is 0 Å². The molecule has 0 unspecified atom stereocenters. The van der Waals surface area contributed by atoms with E-state index in [1.54, 1.807) is 0 Å². The average Bonchev–Trinajstić information content (AvgIpc) is 2.28. The lowest BCUT2D eigenvalue weighted by Crippen LogP contribution is -2.61. The molecule has 2 saturated heterocycles. The first kappa shape index (κ1) is 14.3. The van der Waals surface area contributed by atoms with Gasteiger partial charge in [0.2, 0.25) is 0 Å². The third-order valence-corrected chi connectivity index (χ3v) is 6.36. The summed E-state index contributed by atoms with van der Waals surface area (Å²) in [5.74, 6) is 0.613. The second-order valence-corrected chi connectivity index (χ2v) is 9.07. The van der Waals surface area contributed by atoms with Crippen LogP contribution in [0.5, 0.6) is 0 Å². The SMILES string of the molecule is CC1(C)CCCN(C2(CN)CCS(=O)(=O)CC2)C1. The van der Waals surface area contributed by atoms with Gasteiger partial charge in [-0.2, -0.15) is 0 Å². The molecule has 2 fully saturated rings. The highest BCUT2D eigenvalue weighted by Crippen LogP contribution is 2.37. The number of nitrogens with two attached hydrogens (primary N) is 1. The number of sulfone groups is 1. The van der Waals surface area contributed by atoms with Crippen LogP contribution in [-0.2, 0) is 9.84 Å². The van der Waals surface area contributed by atoms with E-state index in [0.29, 0.717) is 36.3 Å². The minimum absolute atomic E-state index is 0.0665. The third kappa shape index (κ3) is 2.89. The highest BCUT2D eigenvalue weighted by molar-refractivity contribution is 7.91. The van der Waals surface area contributed by atoms with Gasteiger partial charge in [0, 0.05) is 18.6 Å². The van der Waals surface area contributed by atoms with Crippen molar-refractivity contribution in [1.29, 1.82) is 0 Å². The number of hydrogen-bond acceptors (Lipinski definition) is 4. The lowest BCUT2D eigenvalue weighted by molar-refractivity contribution is 0.0122. The molecule has 18 heavy (non-hydrogen) atoms. The van der Waals surface area contributed by atoms with Gasteiger partial charge in [0.1, 0.15) is 9.84 Å². The van der Waals surface area contributed by atoms with Crippen molar-refractivity contribution in [2.75, 3.05) is 31.1 Å². The van der Waals surface area contributed by atoms with Crippen LogP contribution in [0, 0.1) is 5.41 Å². The molecular formula is C13H26N2O2S. The maximum atomic E-state index is 11.6. The van der Waals surface area contributed by atoms with Crippen LogP contribution in [-0.4, -0.2) is 50.0 Å². The van der Waals surface area contributed by atoms with Crippen molar-refractivity contribution in [2.24, 2.45) is 11.1 Å². The predicted octanol–water partition coefficient (Wildman–Crippen LogP) is 1.01. The fraction of sp³-hybridized carbons (Fsp3) is 1.00. The molecule has 0 amide bonds. The highest BCUT2D eigenvalue weighted by Gasteiger charge is 2.43. The molecule has 2 rings (SSSR count). The Bertz CT molecular complexity index is 389. The van der Waals surface area contributed by atoms with Gasteiger partial charge in [-0.15, -0.1) is 0 Å². The topological polar surface area (TPSA) is 63.4 Å². The molecule has 2 aliphatic rings. The predicted molar refractivity (Wildman–Crippen MR) is 74.3 cm³/mol. The Labute approximate surface area is 111 Å². The van der Waals surface area contributed by atoms with Crippen molar-refractivity contribution in [3.05, 3.63) is 0 Å². The highest BCUT2D eigenvalue weighted by atomic mass is 32.2. The zero-order valence-electron chi connectivity index (χ0n) is 11.6. The molecule has 0 spiro atoms. The summed E-state index contributed by atoms with van der Waals surface area (Å²) >= 11 is 0. The van der Waals surface area contributed by atoms with Crippen molar-refractivity contribution in [3.8, 4) is 0 Å². The number of likely N-dealkylation sites (tertiary alicyclic amines) is 1. The summed E-state index contributed by atoms with van der Waals surface area (Å²) < 4.78 is 23.2. The number of piperidine rings is 1. The smallest absolute Gasteiger partial charge is 0.150 e. The van der Waals surface area contributed by atoms with Crippen LogP contribution in [0.2, 0.25) is 0 Å². The normalized spacial score (nSPS) is 31.1. The van der Waals surface area contributed by atoms with Gasteiger partial charge in [0.15, 0.2) is 0 Å². The van der Waals surface area contributed by atoms with E-state index in [9.17, 15) is 8.42 Å². The fourth-order valence-electron chi connectivity index (χ4n) is 3.40. The van der Waals surface area contributed by atoms with Crippen molar-refractivity contribution >= 4 is 9.84 Å². The van der Waals surface area contributed by atoms with E-state index < -0.39 is 9.84 Å². The summed E-state index contributed by atoms with van der Waals surface area (Å²) in [6, 6.07) is 0. The summed E-state index contributed by atoms with van der Waals surface area (Å²) in [5.41, 5.74) is 6.27. The lowest BCUT2D eigenvalue weighted by atomic mass is 9.79. The molecule has 2 heterocycles. The molecule has 2 aliphatic heterocycles. The van der Waals surface area contributed by atoms with Crippen LogP contribution < -0.4 is 5.73 Å². The number of nitrogens with zero attached hydrogens (tertiary/aromatic N) is 1. The van der Waals surface area contributed by atoms with Crippen molar-refractivity contribution in [1.82, 2.24) is 4.90 Å². The van der Waals surface area contributed by atoms with E-state index in [1.165, 1.54) is 12.8 Å². The van der Waals surface area contributed by atoms with E-state index in [0.717, 1.165) is 13.1 Å². The summed E-state index contributed by atoms with van der Waals surface area (Å²) in [4.78, 5) is 2.48. The molecule has 5 heteroatoms. The molecule has 4 nitrogen and oxygen atoms in total. The Kier molecular flexibility index (Phi) is 3.78. The van der Waals surface area contributed by atoms with Gasteiger partial charge in [-0.05, 0) is 37.6 Å². The van der Waals surface area contributed by atoms with Crippen LogP contribution in [0.3, 0.4) is 0 Å². The Balaban J connectivity index is 2.13. The lowest BCUT2D eigenvalue weighted by Gasteiger charge is -2.51. The Morgan fingerprint density at radius 3 is 2.28 bits per heavy atom. The molecule has 0 atom stereocenters. The first-order valence-corrected chi connectivity index (χ1v) is 8.76. The molecule has 0 aliphatic carbocycles. The van der Waals surface area contributed by atoms with Crippen molar-refractivity contribution < 1.29 is 8.42 Å². The van der Waals surface area contributed by atoms with Gasteiger partial charge < -0.3 is 5.73 Å². The first-order chi connectivity index (χ1) is 8.29. The molecule has 0 bridgehead atoms. The van der Waals surface area contributed by atoms with E-state index in [2.05, 4.69) is 18.7 Å². The largest absolute Gasteiger partial charge is 0.329 e. The third-order valence-electron chi connectivity index (χ3n) is 4.71. The van der Waals surface area contributed by atoms with Crippen LogP contribution in [0.4, 0.5) is 0 Å². The number of rotatable bonds is 2. The van der Waals surface area contributed by atoms with Crippen LogP contribution >= 0.6 is 0 Å². The van der Waals surface area contributed by atoms with Crippen LogP contribution in [0.15, 0.2) is 0 Å². The maximum Gasteiger partial charge on any atom is 0.150 e. The molecule has 0 saturated carbocycles. The van der Waals surface area contributed by atoms with Crippen molar-refractivity contribution in [3.63, 3.8) is 0 Å². The minimum atomic E-state index is -2.81. The molecular weight excluding hydrogens is 248 g/mol. The second kappa shape index (κ2) is 4.76. The summed E-state index contributed by atoms with van der Waals surface area (Å²) in [6.45, 7) is 7.29. The monoisotopic (exact) mass is 274 g/mol. The molecule has 0 aromatic carbocycles. The summed E-state index contributed by atoms with van der Waals surface area (Å²) in [7, 11) is -2.81. The standard InChI is InChI=1S/C13H26N2O2S/c1-12(2)4-3-7-15(11-12)13(10-14)5-8-18(16,17)9-6-13/h3-11,14H2,1-2H3. The molecule has 0 aromatic heterocycles. The van der Waals surface area contributed by atoms with Gasteiger partial charge in [-0.25, -0.2) is 8.42 Å². The van der Waals surface area contributed by atoms with E-state index in [-0.39, 0.29) is 5.54 Å². The first-order valence-electron chi connectivity index (χ1n) is 6.94. The molecule has 0 radical (unpaired) electrons. The van der Waals surface area contributed by atoms with E-state index in [4.69, 9.17) is 5.73 Å². The van der Waals surface area contributed by atoms with Crippen LogP contribution in [0.25, 0.3) is 0 Å². The van der Waals surface area contributed by atoms with E-state index >= 15 is 0 Å². The van der Waals surface area contributed by atoms with Crippen molar-refractivity contribution in [2.45, 2.75) is 45.1 Å². The molecule has 0 aromatic rings. The quantitative estimate of drug-likeness (QED) is 0.816. The minimum Gasteiger partial charge on any atom is -0.329 e. The maximum absolute atomic E-state index is 11.6. The van der Waals surface area contributed by atoms with Crippen LogP contribution in [0.1, 0.15) is 39.5 Å². The number of hydrogen-bond donors (Lipinski definition) is 1. The summed E-state index contributed by atoms with van der Waals surface area (Å²) in [6.07, 6.45) is 3.87. The second-order valence-electron chi connectivity index (χ2n) is 6.77. The Morgan fingerprint density at radius 2 is 1.78 bits per heavy atom. The Morgan fingerprint density at radius 1 is 1.17 bits per heavy atom. The van der Waals surface area contributed by atoms with E-state index in [1.807, 2.05) is 0 Å². The van der Waals surface area contributed by atoms with Gasteiger partial charge >= 0.3 is 0 Å². The zero-order valence-corrected chi connectivity index (χ0v) is 12.4. The van der Waals surface area contributed by atoms with Gasteiger partial charge in [-0.3, -0.25) is 4.90 Å². The fourth-order valence-corrected chi connectivity index (χ4v) is 4.98. The van der Waals surface area contributed by atoms with Gasteiger partial charge in [-0.1, -0.05) is 13.8 Å². The summed E-state index contributed by atoms with van der Waals surface area (Å²) in [5, 5.41) is 0. The van der Waals surface area contributed by atoms with Gasteiger partial charge in [0.05, 0.1) is 11.5 Å². The molecule has 2 N–H and O–H groups in total. The average molecular weight is 274 g/mol. The Hall–Kier alpha value is -0.130. The zero-order chi connectivity index (χ0) is 13.4.